The second-order valence-corrected chi connectivity index (χ2v) is 10.2. The summed E-state index contributed by atoms with van der Waals surface area (Å²) in [6.45, 7) is 2.08. The lowest BCUT2D eigenvalue weighted by atomic mass is 10.0. The number of anilines is 1. The number of carbonyl (C=O) groups excluding carboxylic acids is 1. The van der Waals surface area contributed by atoms with Gasteiger partial charge in [-0.3, -0.25) is 4.79 Å². The number of nitrogen functional groups attached to an aromatic ring is 1. The maximum atomic E-state index is 12.8. The van der Waals surface area contributed by atoms with Crippen molar-refractivity contribution in [1.29, 1.82) is 0 Å². The zero-order valence-corrected chi connectivity index (χ0v) is 18.2. The van der Waals surface area contributed by atoms with Crippen molar-refractivity contribution in [3.8, 4) is 21.8 Å². The highest BCUT2D eigenvalue weighted by Gasteiger charge is 2.25. The Morgan fingerprint density at radius 2 is 2.07 bits per heavy atom. The highest BCUT2D eigenvalue weighted by molar-refractivity contribution is 7.93. The Morgan fingerprint density at radius 1 is 1.28 bits per heavy atom. The summed E-state index contributed by atoms with van der Waals surface area (Å²) >= 11 is 1.76. The van der Waals surface area contributed by atoms with E-state index in [0.29, 0.717) is 21.2 Å². The van der Waals surface area contributed by atoms with Crippen LogP contribution in [0.15, 0.2) is 46.1 Å². The van der Waals surface area contributed by atoms with E-state index in [1.165, 1.54) is 22.7 Å². The van der Waals surface area contributed by atoms with Gasteiger partial charge in [0.25, 0.3) is 0 Å². The first-order valence-corrected chi connectivity index (χ1v) is 12.2. The molecule has 0 amide bonds. The van der Waals surface area contributed by atoms with Crippen molar-refractivity contribution >= 4 is 56.0 Å². The smallest absolute Gasteiger partial charge is 0.232 e. The number of hydrogen-bond donors (Lipinski definition) is 1. The van der Waals surface area contributed by atoms with Crippen molar-refractivity contribution in [2.45, 2.75) is 24.0 Å². The van der Waals surface area contributed by atoms with Crippen molar-refractivity contribution in [2.24, 2.45) is 0 Å². The number of aromatic nitrogens is 2. The summed E-state index contributed by atoms with van der Waals surface area (Å²) < 4.78 is 13.5. The number of pyridine rings is 1. The quantitative estimate of drug-likeness (QED) is 0.307. The molecule has 148 valence electrons. The van der Waals surface area contributed by atoms with Crippen molar-refractivity contribution in [3.63, 3.8) is 0 Å². The number of benzene rings is 1. The maximum Gasteiger partial charge on any atom is 0.232 e. The van der Waals surface area contributed by atoms with Crippen molar-refractivity contribution < 1.29 is 9.35 Å². The Balaban J connectivity index is 1.92. The molecule has 0 aliphatic rings. The van der Waals surface area contributed by atoms with Gasteiger partial charge in [-0.2, -0.15) is 0 Å². The lowest BCUT2D eigenvalue weighted by Gasteiger charge is -2.09. The van der Waals surface area contributed by atoms with Crippen LogP contribution in [-0.4, -0.2) is 26.6 Å². The highest BCUT2D eigenvalue weighted by Crippen LogP contribution is 2.43. The number of thiazole rings is 1. The zero-order chi connectivity index (χ0) is 20.4. The molecule has 29 heavy (non-hydrogen) atoms. The summed E-state index contributed by atoms with van der Waals surface area (Å²) in [5, 5.41) is 3.54. The zero-order valence-electron chi connectivity index (χ0n) is 15.8. The number of nitrogens with zero attached hydrogens (tertiary/aromatic N) is 2. The second-order valence-electron chi connectivity index (χ2n) is 6.52. The number of rotatable bonds is 7. The summed E-state index contributed by atoms with van der Waals surface area (Å²) in [5.41, 5.74) is 10.2. The van der Waals surface area contributed by atoms with Gasteiger partial charge < -0.3 is 10.3 Å². The lowest BCUT2D eigenvalue weighted by molar-refractivity contribution is 0.112. The number of nitrogens with two attached hydrogens (primary N) is 1. The maximum absolute atomic E-state index is 12.8. The minimum absolute atomic E-state index is 0.534. The predicted octanol–water partition coefficient (Wildman–Crippen LogP) is 5.39. The number of aldehydes is 1. The predicted molar refractivity (Wildman–Crippen MR) is 122 cm³/mol. The van der Waals surface area contributed by atoms with Gasteiger partial charge in [0.05, 0.1) is 0 Å². The van der Waals surface area contributed by atoms with Crippen LogP contribution >= 0.6 is 22.7 Å². The minimum Gasteiger partial charge on any atom is -0.611 e. The molecule has 0 saturated heterocycles. The summed E-state index contributed by atoms with van der Waals surface area (Å²) in [7, 11) is 0. The average Bonchev–Trinajstić information content (AvgIpc) is 3.40. The Labute approximate surface area is 179 Å². The third-order valence-corrected chi connectivity index (χ3v) is 8.35. The molecule has 3 heterocycles. The number of hydrogen-bond acceptors (Lipinski definition) is 7. The number of fused-ring (bicyclic) bond motifs is 1. The number of carbonyl (C=O) groups is 1. The van der Waals surface area contributed by atoms with Gasteiger partial charge in [-0.15, -0.1) is 11.3 Å². The third kappa shape index (κ3) is 3.93. The van der Waals surface area contributed by atoms with Gasteiger partial charge in [-0.25, -0.2) is 9.97 Å². The number of thiophene rings is 1. The van der Waals surface area contributed by atoms with Crippen LogP contribution < -0.4 is 5.73 Å². The summed E-state index contributed by atoms with van der Waals surface area (Å²) in [6.07, 6.45) is 4.44. The number of unbranched alkanes of at least 4 members (excludes halogenated alkanes) is 1. The molecule has 0 saturated carbocycles. The van der Waals surface area contributed by atoms with Crippen LogP contribution in [-0.2, 0) is 11.2 Å². The fraction of sp³-hybridized carbons (Fsp3) is 0.190. The molecule has 1 unspecified atom stereocenters. The standard InChI is InChI=1S/C21H19N3O2S3/c1-2-3-10-29(26)21-18(22)17-15(14-6-4-13(12-25)5-7-14)11-16(24-20(17)28-21)19-23-8-9-27-19/h4-9,11-12H,2-3,10,22H2,1H3. The molecule has 5 nitrogen and oxygen atoms in total. The highest BCUT2D eigenvalue weighted by atomic mass is 32.2. The van der Waals surface area contributed by atoms with Crippen molar-refractivity contribution in [1.82, 2.24) is 9.97 Å². The third-order valence-electron chi connectivity index (χ3n) is 4.56. The first-order valence-electron chi connectivity index (χ1n) is 9.19. The van der Waals surface area contributed by atoms with Crippen LogP contribution in [0.25, 0.3) is 32.0 Å². The SMILES string of the molecule is CCCC[S+]([O-])c1sc2nc(-c3nccs3)cc(-c3ccc(C=O)cc3)c2c1N. The summed E-state index contributed by atoms with van der Waals surface area (Å²) in [5.74, 6) is 0.593. The van der Waals surface area contributed by atoms with Crippen LogP contribution in [0.4, 0.5) is 5.69 Å². The van der Waals surface area contributed by atoms with E-state index in [9.17, 15) is 9.35 Å². The molecular formula is C21H19N3O2S3. The lowest BCUT2D eigenvalue weighted by Crippen LogP contribution is -2.06. The Hall–Kier alpha value is -2.26. The largest absolute Gasteiger partial charge is 0.611 e. The first kappa shape index (κ1) is 20.0. The van der Waals surface area contributed by atoms with Gasteiger partial charge in [-0.1, -0.05) is 48.9 Å². The second kappa shape index (κ2) is 8.62. The van der Waals surface area contributed by atoms with E-state index in [4.69, 9.17) is 10.7 Å². The molecule has 0 radical (unpaired) electrons. The molecule has 1 aromatic carbocycles. The molecular weight excluding hydrogens is 422 g/mol. The Kier molecular flexibility index (Phi) is 5.96. The minimum atomic E-state index is -1.15. The van der Waals surface area contributed by atoms with E-state index in [1.54, 1.807) is 18.3 Å². The molecule has 0 fully saturated rings. The Bertz CT molecular complexity index is 1140. The van der Waals surface area contributed by atoms with Crippen molar-refractivity contribution in [3.05, 3.63) is 47.5 Å². The van der Waals surface area contributed by atoms with Crippen LogP contribution in [0.5, 0.6) is 0 Å². The molecule has 0 aliphatic heterocycles. The van der Waals surface area contributed by atoms with Crippen LogP contribution in [0, 0.1) is 0 Å². The monoisotopic (exact) mass is 441 g/mol. The fourth-order valence-electron chi connectivity index (χ4n) is 3.07. The van der Waals surface area contributed by atoms with E-state index in [2.05, 4.69) is 11.9 Å². The first-order chi connectivity index (χ1) is 14.1. The molecule has 3 aromatic heterocycles. The van der Waals surface area contributed by atoms with Gasteiger partial charge in [0.2, 0.25) is 4.21 Å². The van der Waals surface area contributed by atoms with Crippen molar-refractivity contribution in [2.75, 3.05) is 11.5 Å². The van der Waals surface area contributed by atoms with E-state index in [1.807, 2.05) is 23.6 Å². The molecule has 1 atom stereocenters. The van der Waals surface area contributed by atoms with Crippen LogP contribution in [0.3, 0.4) is 0 Å². The molecule has 0 bridgehead atoms. The summed E-state index contributed by atoms with van der Waals surface area (Å²) in [6, 6.07) is 9.32. The fourth-order valence-corrected chi connectivity index (χ4v) is 6.46. The van der Waals surface area contributed by atoms with Gasteiger partial charge in [0.1, 0.15) is 33.3 Å². The average molecular weight is 442 g/mol. The molecule has 0 spiro atoms. The molecule has 0 aliphatic carbocycles. The van der Waals surface area contributed by atoms with E-state index in [0.717, 1.165) is 51.2 Å². The van der Waals surface area contributed by atoms with Gasteiger partial charge in [0, 0.05) is 22.5 Å². The molecule has 2 N–H and O–H groups in total. The van der Waals surface area contributed by atoms with E-state index in [-0.39, 0.29) is 0 Å². The van der Waals surface area contributed by atoms with Crippen LogP contribution in [0.2, 0.25) is 0 Å². The summed E-state index contributed by atoms with van der Waals surface area (Å²) in [4.78, 5) is 20.9. The van der Waals surface area contributed by atoms with Crippen LogP contribution in [0.1, 0.15) is 30.1 Å². The molecule has 8 heteroatoms. The van der Waals surface area contributed by atoms with Gasteiger partial charge in [-0.05, 0) is 34.8 Å². The van der Waals surface area contributed by atoms with E-state index >= 15 is 0 Å². The topological polar surface area (TPSA) is 91.9 Å². The molecule has 4 aromatic rings. The van der Waals surface area contributed by atoms with Gasteiger partial charge in [0.15, 0.2) is 0 Å². The Morgan fingerprint density at radius 3 is 2.72 bits per heavy atom. The normalized spacial score (nSPS) is 12.3. The molecule has 4 rings (SSSR count). The van der Waals surface area contributed by atoms with E-state index < -0.39 is 11.2 Å². The van der Waals surface area contributed by atoms with Gasteiger partial charge >= 0.3 is 0 Å².